The molecule has 0 saturated carbocycles. The van der Waals surface area contributed by atoms with E-state index >= 15 is 0 Å². The number of carbonyl (C=O) groups excluding carboxylic acids is 2. The molecule has 0 heterocycles. The first-order valence-electron chi connectivity index (χ1n) is 29.9. The maximum absolute atomic E-state index is 13.5. The Labute approximate surface area is 461 Å². The van der Waals surface area contributed by atoms with Crippen molar-refractivity contribution in [2.75, 3.05) is 40.9 Å². The molecule has 0 rings (SSSR count). The Balaban J connectivity index is 5.42. The summed E-state index contributed by atoms with van der Waals surface area (Å²) in [5, 5.41) is 2.99. The van der Waals surface area contributed by atoms with Gasteiger partial charge in [-0.1, -0.05) is 226 Å². The number of amides is 1. The van der Waals surface area contributed by atoms with E-state index in [1.807, 2.05) is 45.4 Å². The molecule has 0 aliphatic rings. The van der Waals surface area contributed by atoms with Gasteiger partial charge in [-0.05, 0) is 109 Å². The van der Waals surface area contributed by atoms with Crippen molar-refractivity contribution in [3.8, 4) is 0 Å². The molecule has 0 fully saturated rings. The zero-order valence-corrected chi connectivity index (χ0v) is 49.6. The number of ether oxygens (including phenoxy) is 1. The van der Waals surface area contributed by atoms with Crippen molar-refractivity contribution in [3.05, 3.63) is 122 Å². The average Bonchev–Trinajstić information content (AvgIpc) is 3.37. The Morgan fingerprint density at radius 2 is 0.867 bits per heavy atom. The van der Waals surface area contributed by atoms with Gasteiger partial charge < -0.3 is 19.4 Å². The minimum Gasteiger partial charge on any atom is -0.456 e. The normalized spacial score (nSPS) is 14.6. The minimum absolute atomic E-state index is 0.0178. The van der Waals surface area contributed by atoms with E-state index in [1.165, 1.54) is 70.6 Å². The maximum Gasteiger partial charge on any atom is 0.472 e. The molecule has 0 radical (unpaired) electrons. The molecule has 9 nitrogen and oxygen atoms in total. The first-order valence-corrected chi connectivity index (χ1v) is 31.4. The summed E-state index contributed by atoms with van der Waals surface area (Å²) in [4.78, 5) is 37.6. The zero-order chi connectivity index (χ0) is 55.0. The summed E-state index contributed by atoms with van der Waals surface area (Å²) in [6, 6.07) is -0.902. The molecule has 10 heteroatoms. The topological polar surface area (TPSA) is 111 Å². The van der Waals surface area contributed by atoms with Crippen LogP contribution < -0.4 is 5.32 Å². The van der Waals surface area contributed by atoms with Crippen LogP contribution in [0.3, 0.4) is 0 Å². The van der Waals surface area contributed by atoms with Gasteiger partial charge in [0.15, 0.2) is 0 Å². The van der Waals surface area contributed by atoms with E-state index in [0.29, 0.717) is 23.9 Å². The number of phosphoric acid groups is 1. The van der Waals surface area contributed by atoms with Gasteiger partial charge in [-0.15, -0.1) is 0 Å². The zero-order valence-electron chi connectivity index (χ0n) is 48.7. The second kappa shape index (κ2) is 53.8. The number of carbonyl (C=O) groups is 2. The predicted molar refractivity (Wildman–Crippen MR) is 323 cm³/mol. The quantitative estimate of drug-likeness (QED) is 0.0205. The Hall–Kier alpha value is -3.59. The van der Waals surface area contributed by atoms with Gasteiger partial charge in [0.05, 0.1) is 33.8 Å². The second-order valence-corrected chi connectivity index (χ2v) is 22.2. The first-order chi connectivity index (χ1) is 36.4. The highest BCUT2D eigenvalue weighted by molar-refractivity contribution is 7.47. The van der Waals surface area contributed by atoms with E-state index in [4.69, 9.17) is 13.8 Å². The highest BCUT2D eigenvalue weighted by Gasteiger charge is 2.30. The summed E-state index contributed by atoms with van der Waals surface area (Å²) in [6.07, 6.45) is 75.0. The SMILES string of the molecule is CC/C=C\C/C=C\C/C=C\C/C=C\C/C=C\C/C=C\CCC(=O)NC(COP(=O)(O)OCC[N+](C)(C)C)C(/C=C/CCCCCCCCCCC)OC(=O)CCCCCCCC/C=C\C/C=C\C/C=C\CCCCC. The van der Waals surface area contributed by atoms with E-state index in [0.717, 1.165) is 109 Å². The monoisotopic (exact) mass is 1060 g/mol. The van der Waals surface area contributed by atoms with Crippen LogP contribution in [0.4, 0.5) is 0 Å². The maximum atomic E-state index is 13.5. The van der Waals surface area contributed by atoms with Gasteiger partial charge in [0.25, 0.3) is 0 Å². The first kappa shape index (κ1) is 71.4. The summed E-state index contributed by atoms with van der Waals surface area (Å²) < 4.78 is 30.6. The number of rotatable bonds is 52. The van der Waals surface area contributed by atoms with Crippen molar-refractivity contribution in [2.45, 2.75) is 238 Å². The Morgan fingerprint density at radius 3 is 1.33 bits per heavy atom. The minimum atomic E-state index is -4.48. The fourth-order valence-corrected chi connectivity index (χ4v) is 8.53. The molecule has 0 aliphatic heterocycles. The molecule has 3 atom stereocenters. The Bertz CT molecular complexity index is 1700. The van der Waals surface area contributed by atoms with Gasteiger partial charge in [0.1, 0.15) is 19.3 Å². The van der Waals surface area contributed by atoms with Gasteiger partial charge in [0.2, 0.25) is 5.91 Å². The molecule has 1 amide bonds. The van der Waals surface area contributed by atoms with Crippen LogP contribution in [0.25, 0.3) is 0 Å². The van der Waals surface area contributed by atoms with E-state index in [-0.39, 0.29) is 37.9 Å². The van der Waals surface area contributed by atoms with Crippen LogP contribution in [0.5, 0.6) is 0 Å². The number of unbranched alkanes of at least 4 members (excludes halogenated alkanes) is 18. The average molecular weight is 1060 g/mol. The smallest absolute Gasteiger partial charge is 0.456 e. The van der Waals surface area contributed by atoms with Crippen molar-refractivity contribution < 1.29 is 37.3 Å². The van der Waals surface area contributed by atoms with E-state index < -0.39 is 20.0 Å². The highest BCUT2D eigenvalue weighted by Crippen LogP contribution is 2.43. The van der Waals surface area contributed by atoms with Crippen molar-refractivity contribution in [1.29, 1.82) is 0 Å². The lowest BCUT2D eigenvalue weighted by atomic mass is 10.1. The standard InChI is InChI=1S/C65H111N2O7P/c1-7-10-13-16-19-22-25-27-29-31-33-35-37-39-42-45-48-51-54-57-64(68)66-62(61-73-75(70,71)72-60-59-67(4,5)6)63(56-53-50-47-44-41-24-21-18-15-12-9-3)74-65(69)58-55-52-49-46-43-40-38-36-34-32-30-28-26-23-20-17-14-11-8-2/h10,13,19-20,22-23,27-30,33-36,39,42,48,51,53,56,62-63H,7-9,11-12,14-18,21,24-26,31-32,37-38,40-41,43-47,49-50,52,54-55,57-61H2,1-6H3,(H-,66,68,70,71)/p+1/b13-10-,22-19-,23-20-,29-27-,30-28-,35-33-,36-34-,42-39-,51-48-,56-53+. The molecule has 75 heavy (non-hydrogen) atoms. The fraction of sp³-hybridized carbons (Fsp3) is 0.662. The van der Waals surface area contributed by atoms with Gasteiger partial charge in [-0.3, -0.25) is 18.6 Å². The molecule has 0 aromatic carbocycles. The summed E-state index contributed by atoms with van der Waals surface area (Å²) in [5.41, 5.74) is 0. The van der Waals surface area contributed by atoms with Crippen LogP contribution in [0.15, 0.2) is 122 Å². The van der Waals surface area contributed by atoms with Crippen molar-refractivity contribution in [1.82, 2.24) is 5.32 Å². The van der Waals surface area contributed by atoms with Crippen molar-refractivity contribution >= 4 is 19.7 Å². The second-order valence-electron chi connectivity index (χ2n) is 20.8. The number of nitrogens with zero attached hydrogens (tertiary/aromatic N) is 1. The predicted octanol–water partition coefficient (Wildman–Crippen LogP) is 18.3. The van der Waals surface area contributed by atoms with Gasteiger partial charge in [-0.25, -0.2) is 4.57 Å². The number of hydrogen-bond donors (Lipinski definition) is 2. The molecule has 0 bridgehead atoms. The molecule has 0 saturated heterocycles. The molecule has 0 aromatic rings. The van der Waals surface area contributed by atoms with Crippen LogP contribution in [0, 0.1) is 0 Å². The van der Waals surface area contributed by atoms with Crippen LogP contribution in [0.1, 0.15) is 226 Å². The summed E-state index contributed by atoms with van der Waals surface area (Å²) in [5.74, 6) is -0.627. The lowest BCUT2D eigenvalue weighted by molar-refractivity contribution is -0.870. The third kappa shape index (κ3) is 55.0. The van der Waals surface area contributed by atoms with E-state index in [9.17, 15) is 19.0 Å². The van der Waals surface area contributed by atoms with Gasteiger partial charge in [-0.2, -0.15) is 0 Å². The Kier molecular flexibility index (Phi) is 51.2. The van der Waals surface area contributed by atoms with E-state index in [1.54, 1.807) is 0 Å². The number of allylic oxidation sites excluding steroid dienone is 19. The van der Waals surface area contributed by atoms with Crippen LogP contribution in [-0.2, 0) is 27.9 Å². The van der Waals surface area contributed by atoms with Crippen molar-refractivity contribution in [3.63, 3.8) is 0 Å². The number of likely N-dealkylation sites (N-methyl/N-ethyl adjacent to an activating group) is 1. The van der Waals surface area contributed by atoms with Gasteiger partial charge in [0, 0.05) is 12.8 Å². The van der Waals surface area contributed by atoms with E-state index in [2.05, 4.69) is 123 Å². The number of phosphoric ester groups is 1. The fourth-order valence-electron chi connectivity index (χ4n) is 7.79. The molecule has 0 aliphatic carbocycles. The lowest BCUT2D eigenvalue weighted by Crippen LogP contribution is -2.47. The van der Waals surface area contributed by atoms with Crippen molar-refractivity contribution in [2.24, 2.45) is 0 Å². The number of nitrogens with one attached hydrogen (secondary N) is 1. The highest BCUT2D eigenvalue weighted by atomic mass is 31.2. The van der Waals surface area contributed by atoms with Crippen LogP contribution >= 0.6 is 7.82 Å². The number of quaternary nitrogens is 1. The number of hydrogen-bond acceptors (Lipinski definition) is 6. The largest absolute Gasteiger partial charge is 0.472 e. The number of esters is 1. The van der Waals surface area contributed by atoms with Crippen LogP contribution in [-0.4, -0.2) is 74.3 Å². The van der Waals surface area contributed by atoms with Gasteiger partial charge >= 0.3 is 13.8 Å². The molecular weight excluding hydrogens is 952 g/mol. The molecule has 0 spiro atoms. The molecule has 3 unspecified atom stereocenters. The molecule has 0 aromatic heterocycles. The molecule has 428 valence electrons. The molecule has 2 N–H and O–H groups in total. The lowest BCUT2D eigenvalue weighted by Gasteiger charge is -2.27. The Morgan fingerprint density at radius 1 is 0.480 bits per heavy atom. The molecular formula is C65H112N2O7P+. The summed E-state index contributed by atoms with van der Waals surface area (Å²) in [6.45, 7) is 6.77. The van der Waals surface area contributed by atoms with Crippen LogP contribution in [0.2, 0.25) is 0 Å². The summed E-state index contributed by atoms with van der Waals surface area (Å²) in [7, 11) is 1.42. The summed E-state index contributed by atoms with van der Waals surface area (Å²) >= 11 is 0. The third-order valence-corrected chi connectivity index (χ3v) is 13.4. The third-order valence-electron chi connectivity index (χ3n) is 12.4.